The molecule has 0 radical (unpaired) electrons. The average Bonchev–Trinajstić information content (AvgIpc) is 3.34. The van der Waals surface area contributed by atoms with Gasteiger partial charge in [-0.25, -0.2) is 4.39 Å². The summed E-state index contributed by atoms with van der Waals surface area (Å²) >= 11 is 0. The Bertz CT molecular complexity index is 1460. The van der Waals surface area contributed by atoms with E-state index in [4.69, 9.17) is 0 Å². The van der Waals surface area contributed by atoms with E-state index in [-0.39, 0.29) is 18.2 Å². The second-order valence-corrected chi connectivity index (χ2v) is 8.32. The molecule has 0 unspecified atom stereocenters. The SMILES string of the molecule is CC(C)c1c(-c2cccc(CC(=O)O)c2)c2cc3[nH]ncc3cc2n1-c1ccc(F)cc1. The summed E-state index contributed by atoms with van der Waals surface area (Å²) in [5.41, 5.74) is 6.62. The first kappa shape index (κ1) is 20.0. The first-order chi connectivity index (χ1) is 15.4. The van der Waals surface area contributed by atoms with Gasteiger partial charge in [0.25, 0.3) is 0 Å². The molecule has 2 N–H and O–H groups in total. The number of hydrogen-bond acceptors (Lipinski definition) is 2. The highest BCUT2D eigenvalue weighted by molar-refractivity contribution is 6.05. The Kier molecular flexibility index (Phi) is 4.78. The number of nitrogens with one attached hydrogen (secondary N) is 1. The summed E-state index contributed by atoms with van der Waals surface area (Å²) in [6.07, 6.45) is 1.76. The van der Waals surface area contributed by atoms with Crippen molar-refractivity contribution in [1.29, 1.82) is 0 Å². The maximum atomic E-state index is 13.7. The maximum Gasteiger partial charge on any atom is 0.307 e. The molecule has 6 heteroatoms. The summed E-state index contributed by atoms with van der Waals surface area (Å²) in [5.74, 6) is -0.990. The third-order valence-corrected chi connectivity index (χ3v) is 5.77. The minimum Gasteiger partial charge on any atom is -0.481 e. The van der Waals surface area contributed by atoms with Crippen LogP contribution in [0.5, 0.6) is 0 Å². The van der Waals surface area contributed by atoms with Crippen LogP contribution < -0.4 is 0 Å². The maximum absolute atomic E-state index is 13.7. The van der Waals surface area contributed by atoms with Gasteiger partial charge in [-0.15, -0.1) is 0 Å². The molecule has 0 saturated heterocycles. The van der Waals surface area contributed by atoms with Crippen LogP contribution in [-0.2, 0) is 11.2 Å². The molecule has 0 saturated carbocycles. The lowest BCUT2D eigenvalue weighted by molar-refractivity contribution is -0.136. The number of carboxylic acid groups (broad SMARTS) is 1. The number of aromatic amines is 1. The summed E-state index contributed by atoms with van der Waals surface area (Å²) in [4.78, 5) is 11.3. The monoisotopic (exact) mass is 427 g/mol. The van der Waals surface area contributed by atoms with Gasteiger partial charge in [0.15, 0.2) is 0 Å². The third-order valence-electron chi connectivity index (χ3n) is 5.77. The van der Waals surface area contributed by atoms with E-state index < -0.39 is 5.97 Å². The molecule has 0 aliphatic heterocycles. The second-order valence-electron chi connectivity index (χ2n) is 8.32. The van der Waals surface area contributed by atoms with Gasteiger partial charge in [0.1, 0.15) is 5.82 Å². The molecule has 2 aromatic heterocycles. The van der Waals surface area contributed by atoms with Crippen LogP contribution in [0.25, 0.3) is 38.6 Å². The molecule has 160 valence electrons. The Balaban J connectivity index is 1.89. The van der Waals surface area contributed by atoms with Gasteiger partial charge < -0.3 is 9.67 Å². The number of carboxylic acids is 1. The number of H-pyrrole nitrogens is 1. The minimum atomic E-state index is -0.862. The van der Waals surface area contributed by atoms with Crippen molar-refractivity contribution in [3.05, 3.63) is 83.9 Å². The van der Waals surface area contributed by atoms with Gasteiger partial charge in [0.2, 0.25) is 0 Å². The molecule has 5 nitrogen and oxygen atoms in total. The Hall–Kier alpha value is -3.93. The normalized spacial score (nSPS) is 11.6. The van der Waals surface area contributed by atoms with Crippen molar-refractivity contribution in [2.24, 2.45) is 0 Å². The molecule has 32 heavy (non-hydrogen) atoms. The van der Waals surface area contributed by atoms with Gasteiger partial charge in [-0.3, -0.25) is 9.89 Å². The molecule has 0 aliphatic carbocycles. The van der Waals surface area contributed by atoms with Crippen molar-refractivity contribution >= 4 is 27.8 Å². The van der Waals surface area contributed by atoms with Crippen LogP contribution in [0, 0.1) is 5.82 Å². The van der Waals surface area contributed by atoms with Crippen LogP contribution in [0.1, 0.15) is 31.0 Å². The molecular weight excluding hydrogens is 405 g/mol. The Morgan fingerprint density at radius 3 is 2.62 bits per heavy atom. The number of fused-ring (bicyclic) bond motifs is 2. The standard InChI is InChI=1S/C26H22FN3O2/c1-15(2)26-25(17-5-3-4-16(10-17)11-24(31)32)21-13-22-18(14-28-29-22)12-23(21)30(26)20-8-6-19(27)7-9-20/h3-10,12-15H,11H2,1-2H3,(H,28,29)(H,31,32). The number of nitrogens with zero attached hydrogens (tertiary/aromatic N) is 2. The quantitative estimate of drug-likeness (QED) is 0.358. The highest BCUT2D eigenvalue weighted by atomic mass is 19.1. The lowest BCUT2D eigenvalue weighted by Crippen LogP contribution is -2.03. The third kappa shape index (κ3) is 3.34. The number of rotatable bonds is 5. The van der Waals surface area contributed by atoms with E-state index in [1.54, 1.807) is 18.3 Å². The van der Waals surface area contributed by atoms with E-state index >= 15 is 0 Å². The molecule has 0 aliphatic rings. The van der Waals surface area contributed by atoms with Crippen LogP contribution in [-0.4, -0.2) is 25.8 Å². The summed E-state index contributed by atoms with van der Waals surface area (Å²) in [6.45, 7) is 4.26. The lowest BCUT2D eigenvalue weighted by atomic mass is 9.95. The predicted octanol–water partition coefficient (Wildman–Crippen LogP) is 6.06. The molecule has 0 spiro atoms. The summed E-state index contributed by atoms with van der Waals surface area (Å²) in [7, 11) is 0. The average molecular weight is 427 g/mol. The van der Waals surface area contributed by atoms with Crippen molar-refractivity contribution in [2.75, 3.05) is 0 Å². The van der Waals surface area contributed by atoms with Crippen molar-refractivity contribution in [2.45, 2.75) is 26.2 Å². The molecule has 0 fully saturated rings. The van der Waals surface area contributed by atoms with Gasteiger partial charge in [0, 0.05) is 27.7 Å². The molecule has 0 atom stereocenters. The van der Waals surface area contributed by atoms with E-state index in [0.29, 0.717) is 0 Å². The first-order valence-corrected chi connectivity index (χ1v) is 10.5. The highest BCUT2D eigenvalue weighted by Gasteiger charge is 2.23. The summed E-state index contributed by atoms with van der Waals surface area (Å²) in [5, 5.41) is 18.5. The van der Waals surface area contributed by atoms with Crippen LogP contribution in [0.3, 0.4) is 0 Å². The van der Waals surface area contributed by atoms with Crippen molar-refractivity contribution < 1.29 is 14.3 Å². The number of benzene rings is 3. The summed E-state index contributed by atoms with van der Waals surface area (Å²) < 4.78 is 15.9. The van der Waals surface area contributed by atoms with Crippen LogP contribution in [0.15, 0.2) is 66.9 Å². The molecule has 5 aromatic rings. The first-order valence-electron chi connectivity index (χ1n) is 10.5. The number of aromatic nitrogens is 3. The fourth-order valence-electron chi connectivity index (χ4n) is 4.47. The number of aliphatic carboxylic acids is 1. The van der Waals surface area contributed by atoms with E-state index in [9.17, 15) is 14.3 Å². The molecular formula is C26H22FN3O2. The smallest absolute Gasteiger partial charge is 0.307 e. The number of hydrogen-bond donors (Lipinski definition) is 2. The zero-order valence-corrected chi connectivity index (χ0v) is 17.8. The topological polar surface area (TPSA) is 70.9 Å². The van der Waals surface area contributed by atoms with E-state index in [2.05, 4.69) is 40.7 Å². The molecule has 0 amide bonds. The zero-order chi connectivity index (χ0) is 22.4. The van der Waals surface area contributed by atoms with Gasteiger partial charge >= 0.3 is 5.97 Å². The molecule has 2 heterocycles. The van der Waals surface area contributed by atoms with E-state index in [1.165, 1.54) is 12.1 Å². The van der Waals surface area contributed by atoms with Gasteiger partial charge in [-0.2, -0.15) is 5.10 Å². The number of carbonyl (C=O) groups is 1. The predicted molar refractivity (Wildman–Crippen MR) is 124 cm³/mol. The van der Waals surface area contributed by atoms with Gasteiger partial charge in [0.05, 0.1) is 23.7 Å². The van der Waals surface area contributed by atoms with Crippen LogP contribution in [0.2, 0.25) is 0 Å². The van der Waals surface area contributed by atoms with Crippen molar-refractivity contribution in [3.8, 4) is 16.8 Å². The molecule has 3 aromatic carbocycles. The lowest BCUT2D eigenvalue weighted by Gasteiger charge is -2.16. The van der Waals surface area contributed by atoms with Crippen molar-refractivity contribution in [3.63, 3.8) is 0 Å². The fraction of sp³-hybridized carbons (Fsp3) is 0.154. The second kappa shape index (κ2) is 7.64. The van der Waals surface area contributed by atoms with Gasteiger partial charge in [-0.1, -0.05) is 38.1 Å². The minimum absolute atomic E-state index is 0.0355. The van der Waals surface area contributed by atoms with Crippen molar-refractivity contribution in [1.82, 2.24) is 14.8 Å². The summed E-state index contributed by atoms with van der Waals surface area (Å²) in [6, 6.07) is 18.4. The zero-order valence-electron chi connectivity index (χ0n) is 17.8. The Morgan fingerprint density at radius 1 is 1.12 bits per heavy atom. The van der Waals surface area contributed by atoms with E-state index in [0.717, 1.165) is 49.9 Å². The van der Waals surface area contributed by atoms with E-state index in [1.807, 2.05) is 24.3 Å². The van der Waals surface area contributed by atoms with Gasteiger partial charge in [-0.05, 0) is 53.4 Å². The molecule has 0 bridgehead atoms. The van der Waals surface area contributed by atoms with Crippen LogP contribution >= 0.6 is 0 Å². The fourth-order valence-corrected chi connectivity index (χ4v) is 4.47. The Morgan fingerprint density at radius 2 is 1.91 bits per heavy atom. The molecule has 5 rings (SSSR count). The van der Waals surface area contributed by atoms with Crippen LogP contribution in [0.4, 0.5) is 4.39 Å². The highest BCUT2D eigenvalue weighted by Crippen LogP contribution is 2.42. The number of halogens is 1. The Labute approximate surface area is 184 Å². The largest absolute Gasteiger partial charge is 0.481 e.